The molecule has 0 radical (unpaired) electrons. The molecule has 3 aromatic heterocycles. The maximum Gasteiger partial charge on any atom is 0.416 e. The quantitative estimate of drug-likeness (QED) is 0.175. The summed E-state index contributed by atoms with van der Waals surface area (Å²) in [4.78, 5) is 20.2. The van der Waals surface area contributed by atoms with Gasteiger partial charge in [0, 0.05) is 55.4 Å². The number of halogens is 3. The van der Waals surface area contributed by atoms with E-state index in [-0.39, 0.29) is 5.69 Å². The number of nitrogens with one attached hydrogen (secondary N) is 3. The molecule has 5 N–H and O–H groups in total. The van der Waals surface area contributed by atoms with Crippen LogP contribution < -0.4 is 16.4 Å². The van der Waals surface area contributed by atoms with Crippen LogP contribution in [0, 0.1) is 6.92 Å². The lowest BCUT2D eigenvalue weighted by Gasteiger charge is -2.11. The number of pyridine rings is 1. The molecule has 6 rings (SSSR count). The minimum Gasteiger partial charge on any atom is -0.383 e. The number of benzene rings is 3. The van der Waals surface area contributed by atoms with Gasteiger partial charge in [-0.05, 0) is 72.0 Å². The number of thiophene rings is 1. The van der Waals surface area contributed by atoms with Crippen molar-refractivity contribution in [2.75, 3.05) is 16.4 Å². The maximum absolute atomic E-state index is 13.0. The third-order valence-electron chi connectivity index (χ3n) is 6.59. The number of alkyl halides is 3. The number of fused-ring (bicyclic) bond motifs is 2. The lowest BCUT2D eigenvalue weighted by molar-refractivity contribution is -0.137. The number of nitrogens with two attached hydrogens (primary N) is 1. The number of nitrogen functional groups attached to an aromatic ring is 1. The molecule has 0 saturated heterocycles. The van der Waals surface area contributed by atoms with Crippen LogP contribution in [-0.2, 0) is 6.18 Å². The second kappa shape index (κ2) is 9.73. The Morgan fingerprint density at radius 1 is 0.925 bits per heavy atom. The largest absolute Gasteiger partial charge is 0.416 e. The zero-order valence-corrected chi connectivity index (χ0v) is 21.9. The van der Waals surface area contributed by atoms with Gasteiger partial charge in [0.2, 0.25) is 0 Å². The predicted octanol–water partition coefficient (Wildman–Crippen LogP) is 8.67. The standard InChI is InChI=1S/C30H22F3N5OS/c1-16-11-19-12-18(7-10-25(19)36-16)23-14-35-28(34)26-24(15-40-27(23)26)17-5-8-21(9-6-17)37-29(39)38-22-4-2-3-20(13-22)30(31,32)33/h2-15,36H,1H3,(H2,34,35)(H2,37,38,39). The second-order valence-electron chi connectivity index (χ2n) is 9.40. The monoisotopic (exact) mass is 557 g/mol. The minimum absolute atomic E-state index is 0.0401. The van der Waals surface area contributed by atoms with E-state index in [0.29, 0.717) is 11.5 Å². The third kappa shape index (κ3) is 4.85. The summed E-state index contributed by atoms with van der Waals surface area (Å²) in [6, 6.07) is 19.3. The fraction of sp³-hybridized carbons (Fsp3) is 0.0667. The molecule has 0 aliphatic carbocycles. The molecule has 0 aliphatic rings. The van der Waals surface area contributed by atoms with Crippen molar-refractivity contribution in [3.63, 3.8) is 0 Å². The number of aromatic nitrogens is 2. The number of amides is 2. The number of hydrogen-bond donors (Lipinski definition) is 4. The Kier molecular flexibility index (Phi) is 6.19. The third-order valence-corrected chi connectivity index (χ3v) is 7.61. The van der Waals surface area contributed by atoms with Crippen molar-refractivity contribution in [1.82, 2.24) is 9.97 Å². The van der Waals surface area contributed by atoms with E-state index in [2.05, 4.69) is 44.9 Å². The van der Waals surface area contributed by atoms with Crippen LogP contribution in [0.15, 0.2) is 84.4 Å². The highest BCUT2D eigenvalue weighted by Crippen LogP contribution is 2.42. The van der Waals surface area contributed by atoms with Crippen LogP contribution in [0.5, 0.6) is 0 Å². The summed E-state index contributed by atoms with van der Waals surface area (Å²) >= 11 is 1.59. The number of hydrogen-bond acceptors (Lipinski definition) is 4. The Hall–Kier alpha value is -4.83. The summed E-state index contributed by atoms with van der Waals surface area (Å²) in [6.45, 7) is 2.03. The summed E-state index contributed by atoms with van der Waals surface area (Å²) in [7, 11) is 0. The van der Waals surface area contributed by atoms with Crippen LogP contribution >= 0.6 is 11.3 Å². The molecule has 0 aliphatic heterocycles. The molecular formula is C30H22F3N5OS. The number of carbonyl (C=O) groups excluding carboxylic acids is 1. The molecule has 0 atom stereocenters. The molecule has 0 unspecified atom stereocenters. The maximum atomic E-state index is 13.0. The van der Waals surface area contributed by atoms with E-state index in [1.807, 2.05) is 24.4 Å². The molecule has 10 heteroatoms. The highest BCUT2D eigenvalue weighted by atomic mass is 32.1. The second-order valence-corrected chi connectivity index (χ2v) is 10.3. The lowest BCUT2D eigenvalue weighted by Crippen LogP contribution is -2.19. The molecule has 0 spiro atoms. The number of anilines is 3. The van der Waals surface area contributed by atoms with E-state index >= 15 is 0 Å². The lowest BCUT2D eigenvalue weighted by atomic mass is 10.0. The molecule has 2 amide bonds. The first-order valence-electron chi connectivity index (χ1n) is 12.3. The van der Waals surface area contributed by atoms with Crippen LogP contribution in [0.25, 0.3) is 43.2 Å². The molecule has 3 aromatic carbocycles. The van der Waals surface area contributed by atoms with Crippen LogP contribution in [0.1, 0.15) is 11.3 Å². The summed E-state index contributed by atoms with van der Waals surface area (Å²) in [6.07, 6.45) is -2.70. The fourth-order valence-electron chi connectivity index (χ4n) is 4.73. The van der Waals surface area contributed by atoms with E-state index in [4.69, 9.17) is 5.73 Å². The number of aryl methyl sites for hydroxylation is 1. The van der Waals surface area contributed by atoms with Crippen LogP contribution in [0.2, 0.25) is 0 Å². The van der Waals surface area contributed by atoms with Crippen molar-refractivity contribution in [3.05, 3.63) is 95.6 Å². The van der Waals surface area contributed by atoms with Gasteiger partial charge in [-0.2, -0.15) is 13.2 Å². The van der Waals surface area contributed by atoms with Gasteiger partial charge in [0.05, 0.1) is 5.56 Å². The first-order valence-corrected chi connectivity index (χ1v) is 13.1. The van der Waals surface area contributed by atoms with Gasteiger partial charge in [0.1, 0.15) is 5.82 Å². The fourth-order valence-corrected chi connectivity index (χ4v) is 5.85. The van der Waals surface area contributed by atoms with E-state index in [1.165, 1.54) is 12.1 Å². The molecule has 6 nitrogen and oxygen atoms in total. The SMILES string of the molecule is Cc1cc2cc(-c3cnc(N)c4c(-c5ccc(NC(=O)Nc6cccc(C(F)(F)F)c6)cc5)csc34)ccc2[nH]1. The van der Waals surface area contributed by atoms with Gasteiger partial charge in [-0.15, -0.1) is 11.3 Å². The van der Waals surface area contributed by atoms with E-state index in [1.54, 1.807) is 29.7 Å². The van der Waals surface area contributed by atoms with Gasteiger partial charge in [-0.25, -0.2) is 9.78 Å². The van der Waals surface area contributed by atoms with Crippen molar-refractivity contribution < 1.29 is 18.0 Å². The molecular weight excluding hydrogens is 535 g/mol. The highest BCUT2D eigenvalue weighted by Gasteiger charge is 2.30. The first-order chi connectivity index (χ1) is 19.2. The van der Waals surface area contributed by atoms with Gasteiger partial charge in [0.15, 0.2) is 0 Å². The zero-order chi connectivity index (χ0) is 28.0. The number of H-pyrrole nitrogens is 1. The van der Waals surface area contributed by atoms with Crippen LogP contribution in [-0.4, -0.2) is 16.0 Å². The van der Waals surface area contributed by atoms with Gasteiger partial charge >= 0.3 is 12.2 Å². The average Bonchev–Trinajstić information content (AvgIpc) is 3.52. The average molecular weight is 558 g/mol. The Morgan fingerprint density at radius 2 is 1.68 bits per heavy atom. The summed E-state index contributed by atoms with van der Waals surface area (Å²) in [5, 5.41) is 9.10. The number of carbonyl (C=O) groups is 1. The number of rotatable bonds is 4. The minimum atomic E-state index is -4.50. The smallest absolute Gasteiger partial charge is 0.383 e. The number of urea groups is 1. The van der Waals surface area contributed by atoms with Crippen molar-refractivity contribution >= 4 is 55.5 Å². The summed E-state index contributed by atoms with van der Waals surface area (Å²) < 4.78 is 39.9. The van der Waals surface area contributed by atoms with E-state index < -0.39 is 17.8 Å². The molecule has 0 fully saturated rings. The van der Waals surface area contributed by atoms with Gasteiger partial charge in [-0.3, -0.25) is 0 Å². The Bertz CT molecular complexity index is 1890. The van der Waals surface area contributed by atoms with Gasteiger partial charge in [-0.1, -0.05) is 24.3 Å². The van der Waals surface area contributed by atoms with Crippen molar-refractivity contribution in [2.24, 2.45) is 0 Å². The molecule has 0 saturated carbocycles. The summed E-state index contributed by atoms with van der Waals surface area (Å²) in [5.41, 5.74) is 12.0. The number of nitrogens with zero attached hydrogens (tertiary/aromatic N) is 1. The Morgan fingerprint density at radius 3 is 2.45 bits per heavy atom. The van der Waals surface area contributed by atoms with E-state index in [9.17, 15) is 18.0 Å². The highest BCUT2D eigenvalue weighted by molar-refractivity contribution is 7.18. The Balaban J connectivity index is 1.24. The van der Waals surface area contributed by atoms with Gasteiger partial charge < -0.3 is 21.4 Å². The molecule has 40 heavy (non-hydrogen) atoms. The molecule has 3 heterocycles. The molecule has 200 valence electrons. The predicted molar refractivity (Wildman–Crippen MR) is 156 cm³/mol. The van der Waals surface area contributed by atoms with Gasteiger partial charge in [0.25, 0.3) is 0 Å². The normalized spacial score (nSPS) is 11.7. The number of aromatic amines is 1. The van der Waals surface area contributed by atoms with Crippen molar-refractivity contribution in [1.29, 1.82) is 0 Å². The zero-order valence-electron chi connectivity index (χ0n) is 21.1. The van der Waals surface area contributed by atoms with Crippen molar-refractivity contribution in [3.8, 4) is 22.3 Å². The first kappa shape index (κ1) is 25.4. The van der Waals surface area contributed by atoms with E-state index in [0.717, 1.165) is 61.1 Å². The summed E-state index contributed by atoms with van der Waals surface area (Å²) in [5.74, 6) is 0.427. The molecule has 0 bridgehead atoms. The molecule has 6 aromatic rings. The van der Waals surface area contributed by atoms with Crippen LogP contribution in [0.4, 0.5) is 35.2 Å². The van der Waals surface area contributed by atoms with Crippen molar-refractivity contribution in [2.45, 2.75) is 13.1 Å². The Labute approximate surface area is 230 Å². The van der Waals surface area contributed by atoms with Crippen LogP contribution in [0.3, 0.4) is 0 Å². The topological polar surface area (TPSA) is 95.8 Å².